The Morgan fingerprint density at radius 2 is 1.00 bits per heavy atom. The number of ether oxygens (including phenoxy) is 5. The molecule has 1 saturated heterocycles. The molecule has 5 atom stereocenters. The van der Waals surface area contributed by atoms with Gasteiger partial charge in [-0.15, -0.1) is 0 Å². The van der Waals surface area contributed by atoms with Gasteiger partial charge in [0.15, 0.2) is 18.3 Å². The van der Waals surface area contributed by atoms with Gasteiger partial charge in [-0.3, -0.25) is 19.2 Å². The Bertz CT molecular complexity index is 1300. The zero-order valence-electron chi connectivity index (χ0n) is 24.1. The molecule has 10 heteroatoms. The Morgan fingerprint density at radius 1 is 0.628 bits per heavy atom. The molecule has 1 heterocycles. The first-order valence-corrected chi connectivity index (χ1v) is 13.8. The van der Waals surface area contributed by atoms with Crippen LogP contribution < -0.4 is 0 Å². The second-order valence-corrected chi connectivity index (χ2v) is 10.1. The fourth-order valence-electron chi connectivity index (χ4n) is 5.43. The number of carboxylic acid groups (broad SMARTS) is 1. The monoisotopic (exact) mass is 590 g/mol. The van der Waals surface area contributed by atoms with E-state index < -0.39 is 66.4 Å². The van der Waals surface area contributed by atoms with Crippen molar-refractivity contribution in [2.24, 2.45) is 0 Å². The van der Waals surface area contributed by atoms with Gasteiger partial charge in [-0.25, -0.2) is 0 Å². The maximum atomic E-state index is 12.3. The van der Waals surface area contributed by atoms with Gasteiger partial charge in [0.25, 0.3) is 0 Å². The lowest BCUT2D eigenvalue weighted by atomic mass is 9.80. The van der Waals surface area contributed by atoms with Crippen molar-refractivity contribution in [3.63, 3.8) is 0 Å². The predicted octanol–water partition coefficient (Wildman–Crippen LogP) is 4.03. The van der Waals surface area contributed by atoms with Crippen molar-refractivity contribution in [1.82, 2.24) is 0 Å². The molecule has 5 unspecified atom stereocenters. The molecule has 0 aliphatic carbocycles. The van der Waals surface area contributed by atoms with Gasteiger partial charge in [0.05, 0.1) is 13.0 Å². The quantitative estimate of drug-likeness (QED) is 0.198. The van der Waals surface area contributed by atoms with E-state index >= 15 is 0 Å². The van der Waals surface area contributed by atoms with Crippen molar-refractivity contribution < 1.29 is 48.0 Å². The summed E-state index contributed by atoms with van der Waals surface area (Å²) in [6.45, 7) is 3.22. The fourth-order valence-corrected chi connectivity index (χ4v) is 5.43. The van der Waals surface area contributed by atoms with Crippen molar-refractivity contribution in [2.45, 2.75) is 63.3 Å². The van der Waals surface area contributed by atoms with E-state index in [2.05, 4.69) is 0 Å². The van der Waals surface area contributed by atoms with Crippen LogP contribution in [0, 0.1) is 0 Å². The highest BCUT2D eigenvalue weighted by atomic mass is 16.7. The Hall–Kier alpha value is -4.54. The molecule has 4 rings (SSSR count). The number of benzene rings is 3. The van der Waals surface area contributed by atoms with Crippen molar-refractivity contribution in [1.29, 1.82) is 0 Å². The first kappa shape index (κ1) is 31.4. The number of hydrogen-bond donors (Lipinski definition) is 1. The maximum absolute atomic E-state index is 12.3. The first-order chi connectivity index (χ1) is 20.6. The molecule has 0 saturated carbocycles. The number of carbonyl (C=O) groups is 4. The average Bonchev–Trinajstić information content (AvgIpc) is 2.97. The van der Waals surface area contributed by atoms with Crippen molar-refractivity contribution in [3.05, 3.63) is 108 Å². The minimum atomic E-state index is -1.36. The summed E-state index contributed by atoms with van der Waals surface area (Å²) in [5, 5.41) is 9.64. The fraction of sp³-hybridized carbons (Fsp3) is 0.333. The highest BCUT2D eigenvalue weighted by molar-refractivity contribution is 5.70. The van der Waals surface area contributed by atoms with Crippen LogP contribution >= 0.6 is 0 Å². The molecule has 0 radical (unpaired) electrons. The molecule has 0 amide bonds. The number of aliphatic carboxylic acids is 1. The summed E-state index contributed by atoms with van der Waals surface area (Å²) < 4.78 is 29.6. The van der Waals surface area contributed by atoms with Crippen LogP contribution in [0.15, 0.2) is 91.0 Å². The number of carbonyl (C=O) groups excluding carboxylic acids is 3. The summed E-state index contributed by atoms with van der Waals surface area (Å²) in [4.78, 5) is 48.3. The van der Waals surface area contributed by atoms with Crippen molar-refractivity contribution >= 4 is 23.9 Å². The third kappa shape index (κ3) is 7.46. The minimum absolute atomic E-state index is 0.239. The van der Waals surface area contributed by atoms with E-state index in [1.165, 1.54) is 6.92 Å². The van der Waals surface area contributed by atoms with Gasteiger partial charge in [0.1, 0.15) is 17.8 Å². The lowest BCUT2D eigenvalue weighted by Gasteiger charge is -2.45. The molecule has 0 spiro atoms. The van der Waals surface area contributed by atoms with Gasteiger partial charge in [-0.2, -0.15) is 0 Å². The lowest BCUT2D eigenvalue weighted by Crippen LogP contribution is -2.62. The van der Waals surface area contributed by atoms with Gasteiger partial charge in [-0.1, -0.05) is 91.0 Å². The minimum Gasteiger partial charge on any atom is -0.481 e. The van der Waals surface area contributed by atoms with Crippen LogP contribution in [0.25, 0.3) is 0 Å². The van der Waals surface area contributed by atoms with Gasteiger partial charge in [0, 0.05) is 20.8 Å². The van der Waals surface area contributed by atoms with E-state index in [1.807, 2.05) is 91.0 Å². The van der Waals surface area contributed by atoms with Gasteiger partial charge >= 0.3 is 23.9 Å². The van der Waals surface area contributed by atoms with Crippen LogP contribution in [-0.4, -0.2) is 66.1 Å². The molecular weight excluding hydrogens is 556 g/mol. The molecule has 0 bridgehead atoms. The Balaban J connectivity index is 1.83. The SMILES string of the molecule is CC(=O)OC1C(COC(c2ccccc2)(c2ccccc2)c2ccccc2)OC(CC(=O)O)C(OC(C)=O)C1OC(C)=O. The van der Waals surface area contributed by atoms with Crippen LogP contribution in [0.5, 0.6) is 0 Å². The summed E-state index contributed by atoms with van der Waals surface area (Å²) in [6.07, 6.45) is -6.97. The molecule has 1 aliphatic rings. The van der Waals surface area contributed by atoms with Gasteiger partial charge in [0.2, 0.25) is 0 Å². The smallest absolute Gasteiger partial charge is 0.306 e. The summed E-state index contributed by atoms with van der Waals surface area (Å²) in [5.74, 6) is -3.45. The second-order valence-electron chi connectivity index (χ2n) is 10.1. The van der Waals surface area contributed by atoms with E-state index in [9.17, 15) is 24.3 Å². The normalized spacial score (nSPS) is 21.8. The highest BCUT2D eigenvalue weighted by Gasteiger charge is 2.53. The maximum Gasteiger partial charge on any atom is 0.306 e. The molecular formula is C33H34O10. The molecule has 0 aromatic heterocycles. The Labute approximate surface area is 249 Å². The van der Waals surface area contributed by atoms with E-state index in [1.54, 1.807) is 0 Å². The van der Waals surface area contributed by atoms with Crippen LogP contribution in [0.2, 0.25) is 0 Å². The number of esters is 3. The van der Waals surface area contributed by atoms with E-state index in [0.29, 0.717) is 0 Å². The van der Waals surface area contributed by atoms with Crippen LogP contribution in [0.1, 0.15) is 43.9 Å². The van der Waals surface area contributed by atoms with E-state index in [0.717, 1.165) is 30.5 Å². The molecule has 43 heavy (non-hydrogen) atoms. The standard InChI is InChI=1S/C33H34O10/c1-21(34)40-30-27(19-29(37)38)43-28(31(41-22(2)35)32(30)42-23(3)36)20-39-33(24-13-7-4-8-14-24,25-15-9-5-10-16-25)26-17-11-6-12-18-26/h4-18,27-28,30-32H,19-20H2,1-3H3,(H,37,38). The molecule has 1 aliphatic heterocycles. The number of rotatable bonds is 11. The molecule has 3 aromatic carbocycles. The Morgan fingerprint density at radius 3 is 1.37 bits per heavy atom. The molecule has 1 fully saturated rings. The Kier molecular flexibility index (Phi) is 10.3. The highest BCUT2D eigenvalue weighted by Crippen LogP contribution is 2.41. The third-order valence-corrected chi connectivity index (χ3v) is 7.02. The topological polar surface area (TPSA) is 135 Å². The summed E-state index contributed by atoms with van der Waals surface area (Å²) in [5.41, 5.74) is 1.20. The zero-order valence-corrected chi connectivity index (χ0v) is 24.1. The lowest BCUT2D eigenvalue weighted by molar-refractivity contribution is -0.257. The molecule has 3 aromatic rings. The van der Waals surface area contributed by atoms with Gasteiger partial charge < -0.3 is 28.8 Å². The largest absolute Gasteiger partial charge is 0.481 e. The first-order valence-electron chi connectivity index (χ1n) is 13.8. The number of carboxylic acids is 1. The van der Waals surface area contributed by atoms with Crippen LogP contribution in [0.3, 0.4) is 0 Å². The van der Waals surface area contributed by atoms with Crippen LogP contribution in [0.4, 0.5) is 0 Å². The molecule has 226 valence electrons. The molecule has 10 nitrogen and oxygen atoms in total. The van der Waals surface area contributed by atoms with Crippen LogP contribution in [-0.2, 0) is 48.5 Å². The summed E-state index contributed by atoms with van der Waals surface area (Å²) in [6, 6.07) is 28.6. The number of hydrogen-bond acceptors (Lipinski definition) is 9. The van der Waals surface area contributed by atoms with E-state index in [-0.39, 0.29) is 6.61 Å². The molecule has 1 N–H and O–H groups in total. The third-order valence-electron chi connectivity index (χ3n) is 7.02. The van der Waals surface area contributed by atoms with Crippen molar-refractivity contribution in [2.75, 3.05) is 6.61 Å². The van der Waals surface area contributed by atoms with E-state index in [4.69, 9.17) is 23.7 Å². The van der Waals surface area contributed by atoms with Gasteiger partial charge in [-0.05, 0) is 16.7 Å². The average molecular weight is 591 g/mol. The second kappa shape index (κ2) is 14.1. The summed E-state index contributed by atoms with van der Waals surface area (Å²) in [7, 11) is 0. The summed E-state index contributed by atoms with van der Waals surface area (Å²) >= 11 is 0. The zero-order chi connectivity index (χ0) is 31.0. The van der Waals surface area contributed by atoms with Crippen molar-refractivity contribution in [3.8, 4) is 0 Å². The predicted molar refractivity (Wildman–Crippen MR) is 153 cm³/mol.